The minimum Gasteiger partial charge on any atom is -0.340 e. The number of imidazole rings is 1. The molecule has 0 saturated carbocycles. The first-order chi connectivity index (χ1) is 7.25. The lowest BCUT2D eigenvalue weighted by molar-refractivity contribution is 0.913. The number of rotatable bonds is 1. The van der Waals surface area contributed by atoms with E-state index in [1.807, 2.05) is 38.0 Å². The second kappa shape index (κ2) is 5.35. The molecule has 0 N–H and O–H groups in total. The van der Waals surface area contributed by atoms with Crippen LogP contribution in [-0.2, 0) is 7.05 Å². The van der Waals surface area contributed by atoms with E-state index in [9.17, 15) is 0 Å². The molecule has 80 valence electrons. The van der Waals surface area contributed by atoms with Gasteiger partial charge in [0.15, 0.2) is 0 Å². The van der Waals surface area contributed by atoms with E-state index in [0.717, 1.165) is 5.69 Å². The molecule has 0 fully saturated rings. The third-order valence-corrected chi connectivity index (χ3v) is 2.05. The summed E-state index contributed by atoms with van der Waals surface area (Å²) in [6.45, 7) is 6.09. The highest BCUT2D eigenvalue weighted by Gasteiger charge is 1.98. The molecular weight excluding hydrogens is 184 g/mol. The summed E-state index contributed by atoms with van der Waals surface area (Å²) < 4.78 is 1.95. The molecule has 2 rings (SSSR count). The summed E-state index contributed by atoms with van der Waals surface area (Å²) >= 11 is 0. The fourth-order valence-electron chi connectivity index (χ4n) is 1.29. The normalized spacial score (nSPS) is 9.33. The van der Waals surface area contributed by atoms with Gasteiger partial charge in [0, 0.05) is 18.8 Å². The van der Waals surface area contributed by atoms with Gasteiger partial charge in [0.2, 0.25) is 0 Å². The maximum Gasteiger partial charge on any atom is 0.0951 e. The molecule has 1 heterocycles. The van der Waals surface area contributed by atoms with Gasteiger partial charge in [-0.3, -0.25) is 0 Å². The zero-order valence-electron chi connectivity index (χ0n) is 9.86. The van der Waals surface area contributed by atoms with E-state index in [2.05, 4.69) is 36.2 Å². The monoisotopic (exact) mass is 202 g/mol. The van der Waals surface area contributed by atoms with Crippen LogP contribution in [0.15, 0.2) is 36.8 Å². The summed E-state index contributed by atoms with van der Waals surface area (Å²) in [5.41, 5.74) is 3.48. The molecule has 2 heteroatoms. The number of hydrogen-bond acceptors (Lipinski definition) is 1. The highest BCUT2D eigenvalue weighted by Crippen LogP contribution is 2.16. The van der Waals surface area contributed by atoms with Gasteiger partial charge in [-0.25, -0.2) is 4.98 Å². The van der Waals surface area contributed by atoms with E-state index in [1.165, 1.54) is 11.1 Å². The quantitative estimate of drug-likeness (QED) is 0.692. The summed E-state index contributed by atoms with van der Waals surface area (Å²) in [5, 5.41) is 0. The Kier molecular flexibility index (Phi) is 4.10. The van der Waals surface area contributed by atoms with E-state index < -0.39 is 0 Å². The average molecular weight is 202 g/mol. The first kappa shape index (κ1) is 11.5. The molecule has 0 unspecified atom stereocenters. The van der Waals surface area contributed by atoms with Crippen molar-refractivity contribution in [2.24, 2.45) is 7.05 Å². The Morgan fingerprint density at radius 3 is 2.13 bits per heavy atom. The third-order valence-electron chi connectivity index (χ3n) is 2.05. The predicted molar refractivity (Wildman–Crippen MR) is 64.7 cm³/mol. The van der Waals surface area contributed by atoms with Crippen LogP contribution >= 0.6 is 0 Å². The van der Waals surface area contributed by atoms with Gasteiger partial charge in [0.05, 0.1) is 12.0 Å². The average Bonchev–Trinajstić information content (AvgIpc) is 2.69. The van der Waals surface area contributed by atoms with Crippen molar-refractivity contribution in [3.05, 3.63) is 42.4 Å². The van der Waals surface area contributed by atoms with Crippen molar-refractivity contribution in [1.82, 2.24) is 9.55 Å². The number of hydrogen-bond donors (Lipinski definition) is 0. The lowest BCUT2D eigenvalue weighted by Crippen LogP contribution is -1.79. The highest BCUT2D eigenvalue weighted by atomic mass is 15.0. The van der Waals surface area contributed by atoms with Gasteiger partial charge >= 0.3 is 0 Å². The molecule has 0 bridgehead atoms. The molecule has 0 aliphatic rings. The fourth-order valence-corrected chi connectivity index (χ4v) is 1.29. The second-order valence-electron chi connectivity index (χ2n) is 3.29. The SMILES string of the molecule is CC.Cc1ccc(-c2cn(C)cn2)cc1. The zero-order chi connectivity index (χ0) is 11.3. The maximum absolute atomic E-state index is 4.28. The van der Waals surface area contributed by atoms with Gasteiger partial charge in [-0.05, 0) is 6.92 Å². The van der Waals surface area contributed by atoms with Crippen LogP contribution in [0.1, 0.15) is 19.4 Å². The Balaban J connectivity index is 0.000000531. The van der Waals surface area contributed by atoms with Crippen molar-refractivity contribution in [3.8, 4) is 11.3 Å². The van der Waals surface area contributed by atoms with Crippen LogP contribution in [-0.4, -0.2) is 9.55 Å². The molecule has 2 aromatic rings. The lowest BCUT2D eigenvalue weighted by Gasteiger charge is -1.96. The molecule has 15 heavy (non-hydrogen) atoms. The Labute approximate surface area is 91.6 Å². The van der Waals surface area contributed by atoms with Gasteiger partial charge in [0.25, 0.3) is 0 Å². The number of aromatic nitrogens is 2. The lowest BCUT2D eigenvalue weighted by atomic mass is 10.1. The third kappa shape index (κ3) is 2.94. The van der Waals surface area contributed by atoms with Gasteiger partial charge in [-0.1, -0.05) is 43.7 Å². The van der Waals surface area contributed by atoms with Crippen LogP contribution in [0.25, 0.3) is 11.3 Å². The molecule has 0 radical (unpaired) electrons. The van der Waals surface area contributed by atoms with E-state index in [4.69, 9.17) is 0 Å². The summed E-state index contributed by atoms with van der Waals surface area (Å²) in [7, 11) is 1.98. The molecule has 2 nitrogen and oxygen atoms in total. The van der Waals surface area contributed by atoms with Gasteiger partial charge < -0.3 is 4.57 Å². The van der Waals surface area contributed by atoms with E-state index in [1.54, 1.807) is 0 Å². The molecular formula is C13H18N2. The van der Waals surface area contributed by atoms with Gasteiger partial charge in [-0.2, -0.15) is 0 Å². The number of nitrogens with zero attached hydrogens (tertiary/aromatic N) is 2. The number of benzene rings is 1. The Morgan fingerprint density at radius 2 is 1.67 bits per heavy atom. The van der Waals surface area contributed by atoms with Crippen LogP contribution in [0.3, 0.4) is 0 Å². The van der Waals surface area contributed by atoms with Crippen LogP contribution in [0.5, 0.6) is 0 Å². The molecule has 0 atom stereocenters. The first-order valence-corrected chi connectivity index (χ1v) is 5.31. The topological polar surface area (TPSA) is 17.8 Å². The minimum atomic E-state index is 1.03. The molecule has 0 spiro atoms. The highest BCUT2D eigenvalue weighted by molar-refractivity contribution is 5.58. The minimum absolute atomic E-state index is 1.03. The smallest absolute Gasteiger partial charge is 0.0951 e. The molecule has 0 saturated heterocycles. The summed E-state index contributed by atoms with van der Waals surface area (Å²) in [6, 6.07) is 8.39. The molecule has 0 aliphatic heterocycles. The van der Waals surface area contributed by atoms with Crippen LogP contribution in [0, 0.1) is 6.92 Å². The second-order valence-corrected chi connectivity index (χ2v) is 3.29. The molecule has 1 aromatic carbocycles. The zero-order valence-corrected chi connectivity index (χ0v) is 9.86. The van der Waals surface area contributed by atoms with Crippen molar-refractivity contribution in [3.63, 3.8) is 0 Å². The molecule has 0 amide bonds. The van der Waals surface area contributed by atoms with Crippen LogP contribution < -0.4 is 0 Å². The summed E-state index contributed by atoms with van der Waals surface area (Å²) in [5.74, 6) is 0. The largest absolute Gasteiger partial charge is 0.340 e. The van der Waals surface area contributed by atoms with Gasteiger partial charge in [0.1, 0.15) is 0 Å². The summed E-state index contributed by atoms with van der Waals surface area (Å²) in [6.07, 6.45) is 3.83. The molecule has 1 aromatic heterocycles. The van der Waals surface area contributed by atoms with E-state index in [-0.39, 0.29) is 0 Å². The molecule has 0 aliphatic carbocycles. The fraction of sp³-hybridized carbons (Fsp3) is 0.308. The van der Waals surface area contributed by atoms with Crippen LogP contribution in [0.4, 0.5) is 0 Å². The van der Waals surface area contributed by atoms with E-state index in [0.29, 0.717) is 0 Å². The van der Waals surface area contributed by atoms with Crippen molar-refractivity contribution in [2.45, 2.75) is 20.8 Å². The summed E-state index contributed by atoms with van der Waals surface area (Å²) in [4.78, 5) is 4.28. The Morgan fingerprint density at radius 1 is 1.07 bits per heavy atom. The van der Waals surface area contributed by atoms with Crippen molar-refractivity contribution in [1.29, 1.82) is 0 Å². The number of aryl methyl sites for hydroxylation is 2. The Bertz CT molecular complexity index is 399. The predicted octanol–water partition coefficient (Wildman–Crippen LogP) is 3.42. The van der Waals surface area contributed by atoms with Gasteiger partial charge in [-0.15, -0.1) is 0 Å². The Hall–Kier alpha value is -1.57. The standard InChI is InChI=1S/C11H12N2.C2H6/c1-9-3-5-10(6-4-9)11-7-13(2)8-12-11;1-2/h3-8H,1-2H3;1-2H3. The first-order valence-electron chi connectivity index (χ1n) is 5.31. The maximum atomic E-state index is 4.28. The van der Waals surface area contributed by atoms with Crippen molar-refractivity contribution in [2.75, 3.05) is 0 Å². The van der Waals surface area contributed by atoms with E-state index >= 15 is 0 Å². The van der Waals surface area contributed by atoms with Crippen molar-refractivity contribution < 1.29 is 0 Å². The van der Waals surface area contributed by atoms with Crippen molar-refractivity contribution >= 4 is 0 Å². The van der Waals surface area contributed by atoms with Crippen LogP contribution in [0.2, 0.25) is 0 Å².